The monoisotopic (exact) mass is 276 g/mol. The molecule has 0 radical (unpaired) electrons. The SMILES string of the molecule is CCC(C)(C)C1CCc2nc(C(C)(C)C#N)sc2C1. The van der Waals surface area contributed by atoms with Crippen LogP contribution in [-0.2, 0) is 18.3 Å². The zero-order valence-corrected chi connectivity index (χ0v) is 13.5. The number of hydrogen-bond donors (Lipinski definition) is 0. The van der Waals surface area contributed by atoms with Crippen molar-refractivity contribution >= 4 is 11.3 Å². The first-order valence-electron chi connectivity index (χ1n) is 7.20. The van der Waals surface area contributed by atoms with Gasteiger partial charge in [0, 0.05) is 4.88 Å². The number of fused-ring (bicyclic) bond motifs is 1. The molecule has 104 valence electrons. The Bertz CT molecular complexity index is 505. The van der Waals surface area contributed by atoms with Crippen LogP contribution in [0.1, 0.15) is 63.0 Å². The van der Waals surface area contributed by atoms with Gasteiger partial charge >= 0.3 is 0 Å². The lowest BCUT2D eigenvalue weighted by atomic mass is 9.70. The summed E-state index contributed by atoms with van der Waals surface area (Å²) in [6.07, 6.45) is 4.70. The van der Waals surface area contributed by atoms with E-state index in [1.807, 2.05) is 13.8 Å². The fourth-order valence-electron chi connectivity index (χ4n) is 2.65. The second-order valence-electron chi connectivity index (χ2n) is 6.91. The summed E-state index contributed by atoms with van der Waals surface area (Å²) in [6.45, 7) is 11.0. The van der Waals surface area contributed by atoms with E-state index < -0.39 is 5.41 Å². The molecule has 0 saturated heterocycles. The van der Waals surface area contributed by atoms with Crippen molar-refractivity contribution in [1.29, 1.82) is 5.26 Å². The molecule has 3 heteroatoms. The lowest BCUT2D eigenvalue weighted by molar-refractivity contribution is 0.183. The lowest BCUT2D eigenvalue weighted by Gasteiger charge is -2.35. The minimum absolute atomic E-state index is 0.409. The van der Waals surface area contributed by atoms with Crippen LogP contribution < -0.4 is 0 Å². The molecule has 0 bridgehead atoms. The Morgan fingerprint density at radius 2 is 2.05 bits per heavy atom. The van der Waals surface area contributed by atoms with Crippen molar-refractivity contribution in [2.75, 3.05) is 0 Å². The second kappa shape index (κ2) is 4.90. The average Bonchev–Trinajstić information content (AvgIpc) is 2.82. The van der Waals surface area contributed by atoms with Crippen molar-refractivity contribution in [3.8, 4) is 6.07 Å². The molecule has 0 N–H and O–H groups in total. The number of aromatic nitrogens is 1. The highest BCUT2D eigenvalue weighted by Crippen LogP contribution is 2.42. The number of nitrogens with zero attached hydrogens (tertiary/aromatic N) is 2. The molecule has 1 atom stereocenters. The van der Waals surface area contributed by atoms with E-state index in [2.05, 4.69) is 26.8 Å². The van der Waals surface area contributed by atoms with Gasteiger partial charge < -0.3 is 0 Å². The highest BCUT2D eigenvalue weighted by Gasteiger charge is 2.34. The van der Waals surface area contributed by atoms with Gasteiger partial charge in [0.15, 0.2) is 0 Å². The number of nitriles is 1. The van der Waals surface area contributed by atoms with Crippen LogP contribution in [-0.4, -0.2) is 4.98 Å². The zero-order valence-electron chi connectivity index (χ0n) is 12.7. The Morgan fingerprint density at radius 1 is 1.37 bits per heavy atom. The van der Waals surface area contributed by atoms with E-state index in [-0.39, 0.29) is 0 Å². The van der Waals surface area contributed by atoms with Crippen molar-refractivity contribution < 1.29 is 0 Å². The third-order valence-electron chi connectivity index (χ3n) is 4.77. The highest BCUT2D eigenvalue weighted by molar-refractivity contribution is 7.12. The molecule has 0 saturated carbocycles. The maximum atomic E-state index is 9.24. The van der Waals surface area contributed by atoms with Crippen molar-refractivity contribution in [2.45, 2.75) is 65.7 Å². The van der Waals surface area contributed by atoms with Crippen LogP contribution in [0.25, 0.3) is 0 Å². The van der Waals surface area contributed by atoms with E-state index >= 15 is 0 Å². The summed E-state index contributed by atoms with van der Waals surface area (Å²) >= 11 is 1.76. The van der Waals surface area contributed by atoms with E-state index in [0.717, 1.165) is 23.8 Å². The largest absolute Gasteiger partial charge is 0.244 e. The predicted molar refractivity (Wildman–Crippen MR) is 80.3 cm³/mol. The van der Waals surface area contributed by atoms with Crippen molar-refractivity contribution in [2.24, 2.45) is 11.3 Å². The molecule has 1 aromatic rings. The highest BCUT2D eigenvalue weighted by atomic mass is 32.1. The van der Waals surface area contributed by atoms with E-state index in [1.165, 1.54) is 23.4 Å². The molecule has 2 rings (SSSR count). The zero-order chi connectivity index (χ0) is 14.3. The average molecular weight is 276 g/mol. The molecular weight excluding hydrogens is 252 g/mol. The first-order chi connectivity index (χ1) is 8.80. The van der Waals surface area contributed by atoms with Gasteiger partial charge in [-0.15, -0.1) is 11.3 Å². The molecule has 1 heterocycles. The standard InChI is InChI=1S/C16H24N2S/c1-6-15(2,3)11-7-8-12-13(9-11)19-14(18-12)16(4,5)10-17/h11H,6-9H2,1-5H3. The molecule has 2 nitrogen and oxygen atoms in total. The van der Waals surface area contributed by atoms with Gasteiger partial charge in [-0.1, -0.05) is 27.2 Å². The quantitative estimate of drug-likeness (QED) is 0.816. The number of rotatable bonds is 3. The first kappa shape index (κ1) is 14.5. The Morgan fingerprint density at radius 3 is 2.63 bits per heavy atom. The minimum Gasteiger partial charge on any atom is -0.244 e. The minimum atomic E-state index is -0.447. The van der Waals surface area contributed by atoms with E-state index in [4.69, 9.17) is 4.98 Å². The first-order valence-corrected chi connectivity index (χ1v) is 8.02. The normalized spacial score (nSPS) is 19.9. The van der Waals surface area contributed by atoms with Crippen LogP contribution in [0.2, 0.25) is 0 Å². The summed E-state index contributed by atoms with van der Waals surface area (Å²) in [5, 5.41) is 10.2. The van der Waals surface area contributed by atoms with Gasteiger partial charge in [0.05, 0.1) is 11.8 Å². The number of aryl methyl sites for hydroxylation is 1. The summed E-state index contributed by atoms with van der Waals surface area (Å²) in [5.74, 6) is 0.753. The van der Waals surface area contributed by atoms with E-state index in [0.29, 0.717) is 5.41 Å². The summed E-state index contributed by atoms with van der Waals surface area (Å²) in [4.78, 5) is 6.16. The molecule has 0 spiro atoms. The molecular formula is C16H24N2S. The van der Waals surface area contributed by atoms with Crippen LogP contribution in [0, 0.1) is 22.7 Å². The summed E-state index contributed by atoms with van der Waals surface area (Å²) in [7, 11) is 0. The topological polar surface area (TPSA) is 36.7 Å². The van der Waals surface area contributed by atoms with E-state index in [9.17, 15) is 5.26 Å². The molecule has 1 unspecified atom stereocenters. The molecule has 1 aliphatic rings. The van der Waals surface area contributed by atoms with Crippen LogP contribution in [0.5, 0.6) is 0 Å². The fraction of sp³-hybridized carbons (Fsp3) is 0.750. The smallest absolute Gasteiger partial charge is 0.113 e. The van der Waals surface area contributed by atoms with Gasteiger partial charge in [0.2, 0.25) is 0 Å². The van der Waals surface area contributed by atoms with Crippen LogP contribution >= 0.6 is 11.3 Å². The number of hydrogen-bond acceptors (Lipinski definition) is 3. The van der Waals surface area contributed by atoms with E-state index in [1.54, 1.807) is 11.3 Å². The molecule has 0 aromatic carbocycles. The van der Waals surface area contributed by atoms with Gasteiger partial charge in [-0.3, -0.25) is 0 Å². The molecule has 0 aliphatic heterocycles. The number of thiazole rings is 1. The Balaban J connectivity index is 2.26. The van der Waals surface area contributed by atoms with Crippen LogP contribution in [0.3, 0.4) is 0 Å². The van der Waals surface area contributed by atoms with Crippen molar-refractivity contribution in [3.05, 3.63) is 15.6 Å². The predicted octanol–water partition coefficient (Wildman–Crippen LogP) is 4.49. The fourth-order valence-corrected chi connectivity index (χ4v) is 3.89. The summed E-state index contributed by atoms with van der Waals surface area (Å²) in [6, 6.07) is 2.37. The van der Waals surface area contributed by atoms with Gasteiger partial charge in [0.25, 0.3) is 0 Å². The molecule has 0 amide bonds. The third kappa shape index (κ3) is 2.69. The Labute approximate surface area is 120 Å². The molecule has 0 fully saturated rings. The van der Waals surface area contributed by atoms with Gasteiger partial charge in [-0.25, -0.2) is 4.98 Å². The van der Waals surface area contributed by atoms with Crippen LogP contribution in [0.4, 0.5) is 0 Å². The summed E-state index contributed by atoms with van der Waals surface area (Å²) in [5.41, 5.74) is 1.22. The van der Waals surface area contributed by atoms with Gasteiger partial charge in [-0.05, 0) is 44.4 Å². The summed E-state index contributed by atoms with van der Waals surface area (Å²) < 4.78 is 0. The van der Waals surface area contributed by atoms with Crippen molar-refractivity contribution in [1.82, 2.24) is 4.98 Å². The maximum Gasteiger partial charge on any atom is 0.113 e. The van der Waals surface area contributed by atoms with Crippen LogP contribution in [0.15, 0.2) is 0 Å². The lowest BCUT2D eigenvalue weighted by Crippen LogP contribution is -2.28. The molecule has 1 aromatic heterocycles. The Hall–Kier alpha value is -0.880. The van der Waals surface area contributed by atoms with Gasteiger partial charge in [-0.2, -0.15) is 5.26 Å². The van der Waals surface area contributed by atoms with Crippen molar-refractivity contribution in [3.63, 3.8) is 0 Å². The Kier molecular flexibility index (Phi) is 3.75. The second-order valence-corrected chi connectivity index (χ2v) is 7.99. The van der Waals surface area contributed by atoms with Gasteiger partial charge in [0.1, 0.15) is 10.4 Å². The maximum absolute atomic E-state index is 9.24. The third-order valence-corrected chi connectivity index (χ3v) is 6.21. The molecule has 19 heavy (non-hydrogen) atoms. The molecule has 1 aliphatic carbocycles.